The van der Waals surface area contributed by atoms with Crippen LogP contribution in [0.5, 0.6) is 0 Å². The smallest absolute Gasteiger partial charge is 0.314 e. The van der Waals surface area contributed by atoms with Crippen LogP contribution >= 0.6 is 0 Å². The van der Waals surface area contributed by atoms with E-state index in [-0.39, 0.29) is 12.5 Å². The minimum atomic E-state index is -0.753. The highest BCUT2D eigenvalue weighted by Crippen LogP contribution is 2.40. The predicted octanol–water partition coefficient (Wildman–Crippen LogP) is 2.90. The molecule has 1 fully saturated rings. The summed E-state index contributed by atoms with van der Waals surface area (Å²) in [6.45, 7) is 3.59. The third kappa shape index (κ3) is 6.26. The van der Waals surface area contributed by atoms with Crippen molar-refractivity contribution >= 4 is 12.0 Å². The molecule has 1 aliphatic rings. The third-order valence-corrected chi connectivity index (χ3v) is 4.39. The van der Waals surface area contributed by atoms with Crippen LogP contribution in [0.2, 0.25) is 0 Å². The molecule has 0 aromatic carbocycles. The Morgan fingerprint density at radius 1 is 1.10 bits per heavy atom. The first-order valence-electron chi connectivity index (χ1n) is 7.81. The summed E-state index contributed by atoms with van der Waals surface area (Å²) < 4.78 is 0. The molecule has 0 unspecified atom stereocenters. The van der Waals surface area contributed by atoms with Crippen molar-refractivity contribution in [1.82, 2.24) is 10.6 Å². The lowest BCUT2D eigenvalue weighted by molar-refractivity contribution is -0.137. The summed E-state index contributed by atoms with van der Waals surface area (Å²) in [5.74, 6) is -0.753. The Balaban J connectivity index is 2.04. The summed E-state index contributed by atoms with van der Waals surface area (Å²) in [5, 5.41) is 14.3. The standard InChI is InChI=1S/C15H28N2O3/c1-2-15(9-5-6-10-15)12-17-14(20)16-11-7-3-4-8-13(18)19/h2-12H2,1H3,(H,18,19)(H2,16,17,20). The van der Waals surface area contributed by atoms with Crippen molar-refractivity contribution in [2.24, 2.45) is 5.41 Å². The number of hydrogen-bond acceptors (Lipinski definition) is 2. The Bertz CT molecular complexity index is 312. The maximum absolute atomic E-state index is 11.7. The Kier molecular flexibility index (Phi) is 7.41. The average Bonchev–Trinajstić information content (AvgIpc) is 2.89. The van der Waals surface area contributed by atoms with Gasteiger partial charge in [0.2, 0.25) is 0 Å². The maximum Gasteiger partial charge on any atom is 0.314 e. The highest BCUT2D eigenvalue weighted by molar-refractivity contribution is 5.73. The minimum absolute atomic E-state index is 0.0945. The number of carbonyl (C=O) groups is 2. The number of hydrogen-bond donors (Lipinski definition) is 3. The molecule has 0 bridgehead atoms. The lowest BCUT2D eigenvalue weighted by Crippen LogP contribution is -2.41. The van der Waals surface area contributed by atoms with Gasteiger partial charge in [-0.05, 0) is 37.5 Å². The van der Waals surface area contributed by atoms with Gasteiger partial charge in [-0.25, -0.2) is 4.79 Å². The molecule has 5 heteroatoms. The molecule has 0 atom stereocenters. The molecule has 116 valence electrons. The topological polar surface area (TPSA) is 78.4 Å². The highest BCUT2D eigenvalue weighted by atomic mass is 16.4. The molecule has 0 aromatic rings. The van der Waals surface area contributed by atoms with Crippen LogP contribution in [0, 0.1) is 5.41 Å². The van der Waals surface area contributed by atoms with Gasteiger partial charge in [-0.15, -0.1) is 0 Å². The number of carbonyl (C=O) groups excluding carboxylic acids is 1. The van der Waals surface area contributed by atoms with Crippen LogP contribution in [0.4, 0.5) is 4.79 Å². The molecule has 1 rings (SSSR count). The fourth-order valence-corrected chi connectivity index (χ4v) is 2.89. The van der Waals surface area contributed by atoms with Crippen LogP contribution in [-0.2, 0) is 4.79 Å². The zero-order chi connectivity index (χ0) is 14.8. The second-order valence-corrected chi connectivity index (χ2v) is 5.87. The van der Waals surface area contributed by atoms with Gasteiger partial charge in [0.05, 0.1) is 0 Å². The van der Waals surface area contributed by atoms with Gasteiger partial charge in [0.1, 0.15) is 0 Å². The van der Waals surface area contributed by atoms with E-state index in [0.717, 1.165) is 25.8 Å². The fourth-order valence-electron chi connectivity index (χ4n) is 2.89. The van der Waals surface area contributed by atoms with Crippen LogP contribution in [0.3, 0.4) is 0 Å². The molecule has 2 amide bonds. The zero-order valence-electron chi connectivity index (χ0n) is 12.5. The lowest BCUT2D eigenvalue weighted by atomic mass is 9.83. The van der Waals surface area contributed by atoms with Crippen LogP contribution in [0.25, 0.3) is 0 Å². The number of urea groups is 1. The molecule has 3 N–H and O–H groups in total. The molecular formula is C15H28N2O3. The van der Waals surface area contributed by atoms with Crippen molar-refractivity contribution in [3.63, 3.8) is 0 Å². The van der Waals surface area contributed by atoms with Gasteiger partial charge in [-0.3, -0.25) is 4.79 Å². The molecule has 1 aliphatic carbocycles. The van der Waals surface area contributed by atoms with Crippen LogP contribution in [-0.4, -0.2) is 30.2 Å². The number of carboxylic acids is 1. The average molecular weight is 284 g/mol. The summed E-state index contributed by atoms with van der Waals surface area (Å²) in [6.07, 6.45) is 8.69. The van der Waals surface area contributed by atoms with Crippen molar-refractivity contribution in [2.45, 2.75) is 64.7 Å². The molecule has 20 heavy (non-hydrogen) atoms. The van der Waals surface area contributed by atoms with Gasteiger partial charge in [0.15, 0.2) is 0 Å². The first-order valence-corrected chi connectivity index (χ1v) is 7.81. The van der Waals surface area contributed by atoms with Gasteiger partial charge in [0.25, 0.3) is 0 Å². The molecule has 5 nitrogen and oxygen atoms in total. The van der Waals surface area contributed by atoms with Gasteiger partial charge in [0, 0.05) is 19.5 Å². The monoisotopic (exact) mass is 284 g/mol. The number of carboxylic acid groups (broad SMARTS) is 1. The largest absolute Gasteiger partial charge is 0.481 e. The molecule has 0 saturated heterocycles. The van der Waals surface area contributed by atoms with E-state index in [0.29, 0.717) is 18.4 Å². The van der Waals surface area contributed by atoms with E-state index in [4.69, 9.17) is 5.11 Å². The first-order chi connectivity index (χ1) is 9.58. The van der Waals surface area contributed by atoms with E-state index in [1.807, 2.05) is 0 Å². The van der Waals surface area contributed by atoms with Crippen molar-refractivity contribution in [3.8, 4) is 0 Å². The van der Waals surface area contributed by atoms with Gasteiger partial charge in [-0.1, -0.05) is 26.2 Å². The number of amides is 2. The Labute approximate surface area is 121 Å². The van der Waals surface area contributed by atoms with Crippen LogP contribution in [0.1, 0.15) is 64.7 Å². The van der Waals surface area contributed by atoms with Crippen LogP contribution < -0.4 is 10.6 Å². The third-order valence-electron chi connectivity index (χ3n) is 4.39. The number of rotatable bonds is 9. The highest BCUT2D eigenvalue weighted by Gasteiger charge is 2.32. The van der Waals surface area contributed by atoms with Crippen molar-refractivity contribution in [1.29, 1.82) is 0 Å². The Morgan fingerprint density at radius 3 is 2.40 bits per heavy atom. The maximum atomic E-state index is 11.7. The second kappa shape index (κ2) is 8.82. The summed E-state index contributed by atoms with van der Waals surface area (Å²) >= 11 is 0. The van der Waals surface area contributed by atoms with E-state index in [2.05, 4.69) is 17.6 Å². The lowest BCUT2D eigenvalue weighted by Gasteiger charge is -2.27. The molecule has 0 aromatic heterocycles. The molecular weight excluding hydrogens is 256 g/mol. The minimum Gasteiger partial charge on any atom is -0.481 e. The van der Waals surface area contributed by atoms with Crippen molar-refractivity contribution < 1.29 is 14.7 Å². The zero-order valence-corrected chi connectivity index (χ0v) is 12.5. The summed E-state index contributed by atoms with van der Waals surface area (Å²) in [4.78, 5) is 22.0. The Hall–Kier alpha value is -1.26. The van der Waals surface area contributed by atoms with Gasteiger partial charge in [-0.2, -0.15) is 0 Å². The molecule has 0 aliphatic heterocycles. The van der Waals surface area contributed by atoms with E-state index in [9.17, 15) is 9.59 Å². The van der Waals surface area contributed by atoms with Gasteiger partial charge < -0.3 is 15.7 Å². The number of nitrogens with one attached hydrogen (secondary N) is 2. The SMILES string of the molecule is CCC1(CNC(=O)NCCCCCC(=O)O)CCCC1. The molecule has 1 saturated carbocycles. The van der Waals surface area contributed by atoms with Gasteiger partial charge >= 0.3 is 12.0 Å². The normalized spacial score (nSPS) is 16.9. The number of unbranched alkanes of at least 4 members (excludes halogenated alkanes) is 2. The predicted molar refractivity (Wildman–Crippen MR) is 78.7 cm³/mol. The number of aliphatic carboxylic acids is 1. The van der Waals surface area contributed by atoms with Crippen molar-refractivity contribution in [2.75, 3.05) is 13.1 Å². The molecule has 0 heterocycles. The van der Waals surface area contributed by atoms with Crippen molar-refractivity contribution in [3.05, 3.63) is 0 Å². The van der Waals surface area contributed by atoms with Crippen LogP contribution in [0.15, 0.2) is 0 Å². The molecule has 0 spiro atoms. The summed E-state index contributed by atoms with van der Waals surface area (Å²) in [6, 6.07) is -0.0945. The van der Waals surface area contributed by atoms with E-state index >= 15 is 0 Å². The molecule has 0 radical (unpaired) electrons. The Morgan fingerprint density at radius 2 is 1.80 bits per heavy atom. The summed E-state index contributed by atoms with van der Waals surface area (Å²) in [5.41, 5.74) is 0.318. The quantitative estimate of drug-likeness (QED) is 0.570. The van der Waals surface area contributed by atoms with E-state index < -0.39 is 5.97 Å². The van der Waals surface area contributed by atoms with E-state index in [1.54, 1.807) is 0 Å². The first kappa shape index (κ1) is 16.8. The fraction of sp³-hybridized carbons (Fsp3) is 0.867. The second-order valence-electron chi connectivity index (χ2n) is 5.87. The van der Waals surface area contributed by atoms with E-state index in [1.165, 1.54) is 25.7 Å². The summed E-state index contributed by atoms with van der Waals surface area (Å²) in [7, 11) is 0.